The van der Waals surface area contributed by atoms with Gasteiger partial charge in [-0.05, 0) is 110 Å². The molecule has 59 heavy (non-hydrogen) atoms. The Morgan fingerprint density at radius 1 is 0.661 bits per heavy atom. The normalized spacial score (nSPS) is 18.9. The summed E-state index contributed by atoms with van der Waals surface area (Å²) < 4.78 is 77.5. The van der Waals surface area contributed by atoms with Gasteiger partial charge in [-0.25, -0.2) is 25.6 Å². The highest BCUT2D eigenvalue weighted by Gasteiger charge is 2.41. The molecule has 308 valence electrons. The van der Waals surface area contributed by atoms with E-state index >= 15 is 0 Å². The number of sulfonamides is 1. The average Bonchev–Trinajstić information content (AvgIpc) is 4.06. The maximum Gasteiger partial charge on any atom is 0.263 e. The molecule has 1 aromatic heterocycles. The van der Waals surface area contributed by atoms with E-state index in [0.29, 0.717) is 63.2 Å². The molecular formula is C38H32Cl3F2N7O6S3. The highest BCUT2D eigenvalue weighted by Crippen LogP contribution is 2.40. The van der Waals surface area contributed by atoms with E-state index in [1.165, 1.54) is 41.9 Å². The van der Waals surface area contributed by atoms with E-state index < -0.39 is 30.7 Å². The van der Waals surface area contributed by atoms with Crippen molar-refractivity contribution < 1.29 is 35.2 Å². The molecule has 4 aliphatic rings. The number of rotatable bonds is 8. The van der Waals surface area contributed by atoms with Gasteiger partial charge in [0.1, 0.15) is 29.2 Å². The molecular weight excluding hydrogens is 891 g/mol. The highest BCUT2D eigenvalue weighted by atomic mass is 35.7. The number of hydrogen-bond acceptors (Lipinski definition) is 11. The zero-order valence-corrected chi connectivity index (χ0v) is 35.3. The fraction of sp³-hybridized carbons (Fsp3) is 0.263. The van der Waals surface area contributed by atoms with Crippen molar-refractivity contribution in [3.8, 4) is 0 Å². The molecule has 0 aliphatic carbocycles. The monoisotopic (exact) mass is 921 g/mol. The van der Waals surface area contributed by atoms with E-state index in [1.807, 2.05) is 9.80 Å². The van der Waals surface area contributed by atoms with Crippen molar-refractivity contribution >= 4 is 104 Å². The van der Waals surface area contributed by atoms with E-state index in [0.717, 1.165) is 33.8 Å². The number of nitrogens with one attached hydrogen (secondary N) is 1. The van der Waals surface area contributed by atoms with Crippen LogP contribution in [-0.2, 0) is 41.5 Å². The van der Waals surface area contributed by atoms with Gasteiger partial charge in [0.2, 0.25) is 16.9 Å². The molecule has 0 bridgehead atoms. The summed E-state index contributed by atoms with van der Waals surface area (Å²) in [5.74, 6) is -1.07. The number of nitrogens with zero attached hydrogens (tertiary/aromatic N) is 6. The largest absolute Gasteiger partial charge is 0.359 e. The third-order valence-corrected chi connectivity index (χ3v) is 15.0. The van der Waals surface area contributed by atoms with Crippen LogP contribution in [0, 0.1) is 11.6 Å². The van der Waals surface area contributed by atoms with Gasteiger partial charge in [0, 0.05) is 59.6 Å². The topological polar surface area (TPSA) is 153 Å². The van der Waals surface area contributed by atoms with E-state index in [1.54, 1.807) is 46.2 Å². The van der Waals surface area contributed by atoms with Crippen LogP contribution in [0.3, 0.4) is 0 Å². The number of fused-ring (bicyclic) bond motifs is 2. The lowest BCUT2D eigenvalue weighted by atomic mass is 10.1. The summed E-state index contributed by atoms with van der Waals surface area (Å²) in [7, 11) is -2.28. The summed E-state index contributed by atoms with van der Waals surface area (Å²) >= 11 is 13.3. The summed E-state index contributed by atoms with van der Waals surface area (Å²) in [5.41, 5.74) is 5.72. The second-order valence-corrected chi connectivity index (χ2v) is 19.8. The molecule has 2 saturated heterocycles. The number of anilines is 5. The molecule has 5 heterocycles. The molecule has 0 unspecified atom stereocenters. The van der Waals surface area contributed by atoms with Crippen molar-refractivity contribution in [2.75, 3.05) is 50.5 Å². The van der Waals surface area contributed by atoms with Gasteiger partial charge in [-0.1, -0.05) is 34.5 Å². The molecule has 0 radical (unpaired) electrons. The quantitative estimate of drug-likeness (QED) is 0.163. The first-order valence-electron chi connectivity index (χ1n) is 18.2. The van der Waals surface area contributed by atoms with Gasteiger partial charge in [-0.2, -0.15) is 0 Å². The molecule has 2 amide bonds. The van der Waals surface area contributed by atoms with Crippen LogP contribution in [0.1, 0.15) is 24.0 Å². The second kappa shape index (κ2) is 16.1. The Bertz CT molecular complexity index is 2680. The number of aromatic nitrogens is 2. The van der Waals surface area contributed by atoms with Crippen LogP contribution >= 0.6 is 45.2 Å². The van der Waals surface area contributed by atoms with Crippen LogP contribution in [0.4, 0.5) is 36.7 Å². The van der Waals surface area contributed by atoms with E-state index in [2.05, 4.69) is 14.9 Å². The Kier molecular flexibility index (Phi) is 11.2. The summed E-state index contributed by atoms with van der Waals surface area (Å²) in [6.45, 7) is 2.21. The Morgan fingerprint density at radius 2 is 1.12 bits per heavy atom. The molecule has 5 aromatic rings. The van der Waals surface area contributed by atoms with Gasteiger partial charge in [-0.15, -0.1) is 10.2 Å². The molecule has 21 heteroatoms. The minimum absolute atomic E-state index is 0.0127. The van der Waals surface area contributed by atoms with Gasteiger partial charge in [0.15, 0.2) is 0 Å². The van der Waals surface area contributed by atoms with Crippen LogP contribution in [0.25, 0.3) is 0 Å². The first kappa shape index (κ1) is 41.2. The van der Waals surface area contributed by atoms with Crippen molar-refractivity contribution in [1.82, 2.24) is 10.2 Å². The molecule has 1 N–H and O–H groups in total. The van der Waals surface area contributed by atoms with Gasteiger partial charge < -0.3 is 19.6 Å². The molecule has 4 aliphatic heterocycles. The SMILES string of the molecule is O=C1[C@@H](N2CCc3c2ccc(F)c3Cl)CCN1c1ccc(S(=O)(=O)Cl)cc1.O=C1[C@@H](N2CCc3c2ccc(F)c3Cl)CCN1c1ccc(S(=O)(=O)Nc2nncs2)cc1. The van der Waals surface area contributed by atoms with Crippen molar-refractivity contribution in [3.05, 3.63) is 111 Å². The maximum absolute atomic E-state index is 13.8. The number of carbonyl (C=O) groups is 2. The first-order chi connectivity index (χ1) is 28.1. The third-order valence-electron chi connectivity index (χ3n) is 10.7. The number of carbonyl (C=O) groups excluding carboxylic acids is 2. The molecule has 0 spiro atoms. The van der Waals surface area contributed by atoms with E-state index in [-0.39, 0.29) is 48.9 Å². The molecule has 2 fully saturated rings. The summed E-state index contributed by atoms with van der Waals surface area (Å²) in [6, 6.07) is 17.3. The van der Waals surface area contributed by atoms with Crippen LogP contribution in [0.2, 0.25) is 10.0 Å². The average molecular weight is 923 g/mol. The fourth-order valence-corrected chi connectivity index (χ4v) is 10.9. The Morgan fingerprint density at radius 3 is 1.54 bits per heavy atom. The van der Waals surface area contributed by atoms with Gasteiger partial charge >= 0.3 is 0 Å². The van der Waals surface area contributed by atoms with Crippen molar-refractivity contribution in [3.63, 3.8) is 0 Å². The summed E-state index contributed by atoms with van der Waals surface area (Å²) in [6.07, 6.45) is 2.40. The Labute approximate surface area is 356 Å². The Balaban J connectivity index is 0.000000167. The highest BCUT2D eigenvalue weighted by molar-refractivity contribution is 8.13. The Hall–Kier alpha value is -4.59. The van der Waals surface area contributed by atoms with Crippen LogP contribution in [0.15, 0.2) is 88.1 Å². The molecule has 4 aromatic carbocycles. The van der Waals surface area contributed by atoms with Crippen LogP contribution < -0.4 is 24.3 Å². The lowest BCUT2D eigenvalue weighted by molar-refractivity contribution is -0.119. The lowest BCUT2D eigenvalue weighted by Crippen LogP contribution is -2.41. The van der Waals surface area contributed by atoms with Crippen molar-refractivity contribution in [2.45, 2.75) is 47.6 Å². The second-order valence-electron chi connectivity index (χ2n) is 14.0. The molecule has 2 atom stereocenters. The van der Waals surface area contributed by atoms with Crippen LogP contribution in [0.5, 0.6) is 0 Å². The zero-order valence-electron chi connectivity index (χ0n) is 30.6. The van der Waals surface area contributed by atoms with Crippen LogP contribution in [-0.4, -0.2) is 77.1 Å². The predicted molar refractivity (Wildman–Crippen MR) is 223 cm³/mol. The summed E-state index contributed by atoms with van der Waals surface area (Å²) in [4.78, 5) is 33.4. The van der Waals surface area contributed by atoms with Crippen molar-refractivity contribution in [1.29, 1.82) is 0 Å². The number of hydrogen-bond donors (Lipinski definition) is 1. The van der Waals surface area contributed by atoms with Gasteiger partial charge in [0.25, 0.3) is 19.1 Å². The number of benzene rings is 4. The first-order valence-corrected chi connectivity index (χ1v) is 23.6. The smallest absolute Gasteiger partial charge is 0.263 e. The summed E-state index contributed by atoms with van der Waals surface area (Å²) in [5, 5.41) is 7.70. The minimum atomic E-state index is -3.80. The number of halogens is 5. The number of amides is 2. The van der Waals surface area contributed by atoms with Crippen molar-refractivity contribution in [2.24, 2.45) is 0 Å². The fourth-order valence-electron chi connectivity index (χ4n) is 7.94. The van der Waals surface area contributed by atoms with Gasteiger partial charge in [-0.3, -0.25) is 14.3 Å². The molecule has 9 rings (SSSR count). The maximum atomic E-state index is 13.8. The predicted octanol–water partition coefficient (Wildman–Crippen LogP) is 6.87. The standard InChI is InChI=1S/C20H17ClFN5O3S2.C18H15Cl2FN2O3S/c21-18-14-7-9-27(16(14)6-5-15(18)22)17-8-10-26(19(17)28)12-1-3-13(4-2-12)32(29,30)25-20-24-23-11-31-20;19-17-13-7-9-23(15(13)6-5-14(17)21)16-8-10-22(18(16)24)11-1-3-12(4-2-11)27(20,25)26/h1-6,11,17H,7-10H2,(H,24,25);1-6,16H,7-10H2/t17-;16-/m00/s1. The van der Waals surface area contributed by atoms with E-state index in [4.69, 9.17) is 33.9 Å². The minimum Gasteiger partial charge on any atom is -0.359 e. The molecule has 0 saturated carbocycles. The van der Waals surface area contributed by atoms with E-state index in [9.17, 15) is 35.2 Å². The zero-order chi connectivity index (χ0) is 41.8. The lowest BCUT2D eigenvalue weighted by Gasteiger charge is -2.26. The van der Waals surface area contributed by atoms with Gasteiger partial charge in [0.05, 0.1) is 19.8 Å². The third kappa shape index (κ3) is 7.93. The molecule has 13 nitrogen and oxygen atoms in total.